The van der Waals surface area contributed by atoms with Gasteiger partial charge in [-0.2, -0.15) is 0 Å². The number of amides is 2. The highest BCUT2D eigenvalue weighted by atomic mass is 16.2. The third-order valence-corrected chi connectivity index (χ3v) is 6.96. The van der Waals surface area contributed by atoms with E-state index >= 15 is 0 Å². The molecule has 170 valence electrons. The molecule has 0 bridgehead atoms. The molecule has 1 aromatic heterocycles. The van der Waals surface area contributed by atoms with Gasteiger partial charge < -0.3 is 20.1 Å². The highest BCUT2D eigenvalue weighted by Gasteiger charge is 2.32. The maximum atomic E-state index is 12.7. The lowest BCUT2D eigenvalue weighted by molar-refractivity contribution is 0.0575. The lowest BCUT2D eigenvalue weighted by Crippen LogP contribution is -2.51. The predicted octanol–water partition coefficient (Wildman–Crippen LogP) is 2.94. The number of nitrogens with one attached hydrogen (secondary N) is 2. The lowest BCUT2D eigenvalue weighted by atomic mass is 9.83. The molecule has 2 aliphatic heterocycles. The molecule has 0 saturated carbocycles. The van der Waals surface area contributed by atoms with Crippen LogP contribution in [0.25, 0.3) is 0 Å². The first kappa shape index (κ1) is 22.3. The number of aryl methyl sites for hydroxylation is 1. The second-order valence-electron chi connectivity index (χ2n) is 9.00. The quantitative estimate of drug-likeness (QED) is 0.755. The van der Waals surface area contributed by atoms with Crippen molar-refractivity contribution in [1.82, 2.24) is 14.8 Å². The largest absolute Gasteiger partial charge is 0.352 e. The summed E-state index contributed by atoms with van der Waals surface area (Å²) in [7, 11) is 1.64. The first-order valence-corrected chi connectivity index (χ1v) is 11.5. The van der Waals surface area contributed by atoms with Crippen molar-refractivity contribution in [1.29, 1.82) is 0 Å². The molecule has 0 aliphatic carbocycles. The minimum absolute atomic E-state index is 0.0872. The van der Waals surface area contributed by atoms with Crippen LogP contribution in [0, 0.1) is 12.8 Å². The number of carbonyl (C=O) groups excluding carboxylic acids is 2. The molecule has 0 radical (unpaired) electrons. The Morgan fingerprint density at radius 2 is 1.72 bits per heavy atom. The van der Waals surface area contributed by atoms with Crippen LogP contribution in [0.5, 0.6) is 0 Å². The zero-order chi connectivity index (χ0) is 22.7. The average Bonchev–Trinajstić information content (AvgIpc) is 2.81. The van der Waals surface area contributed by atoms with Crippen LogP contribution in [0.1, 0.15) is 58.5 Å². The van der Waals surface area contributed by atoms with Gasteiger partial charge in [-0.3, -0.25) is 14.4 Å². The molecule has 2 N–H and O–H groups in total. The molecule has 2 fully saturated rings. The fourth-order valence-electron chi connectivity index (χ4n) is 4.95. The second kappa shape index (κ2) is 9.69. The molecule has 1 aromatic carbocycles. The molecule has 7 heteroatoms. The molecule has 2 aliphatic rings. The Morgan fingerprint density at radius 3 is 2.50 bits per heavy atom. The Morgan fingerprint density at radius 1 is 0.969 bits per heavy atom. The van der Waals surface area contributed by atoms with Gasteiger partial charge in [-0.05, 0) is 88.0 Å². The number of benzene rings is 1. The Bertz CT molecular complexity index is 1040. The van der Waals surface area contributed by atoms with E-state index in [2.05, 4.69) is 15.5 Å². The van der Waals surface area contributed by atoms with Gasteiger partial charge in [0.2, 0.25) is 0 Å². The van der Waals surface area contributed by atoms with E-state index in [0.29, 0.717) is 29.8 Å². The number of carbonyl (C=O) groups is 2. The van der Waals surface area contributed by atoms with Gasteiger partial charge in [-0.25, -0.2) is 0 Å². The van der Waals surface area contributed by atoms with Gasteiger partial charge in [-0.1, -0.05) is 6.42 Å². The number of aromatic nitrogens is 1. The van der Waals surface area contributed by atoms with E-state index in [1.54, 1.807) is 37.4 Å². The highest BCUT2D eigenvalue weighted by molar-refractivity contribution is 6.04. The number of hydrogen-bond acceptors (Lipinski definition) is 4. The van der Waals surface area contributed by atoms with Crippen LogP contribution in [0.15, 0.2) is 41.2 Å². The summed E-state index contributed by atoms with van der Waals surface area (Å²) in [5.74, 6) is -0.0379. The minimum atomic E-state index is -0.461. The molecule has 0 spiro atoms. The van der Waals surface area contributed by atoms with Crippen LogP contribution in [0.2, 0.25) is 0 Å². The van der Waals surface area contributed by atoms with Gasteiger partial charge in [0.1, 0.15) is 5.56 Å². The van der Waals surface area contributed by atoms with Crippen molar-refractivity contribution in [3.05, 3.63) is 63.6 Å². The van der Waals surface area contributed by atoms with Gasteiger partial charge in [0.05, 0.1) is 0 Å². The average molecular weight is 437 g/mol. The van der Waals surface area contributed by atoms with Gasteiger partial charge in [0.25, 0.3) is 17.4 Å². The smallest absolute Gasteiger partial charge is 0.263 e. The van der Waals surface area contributed by atoms with Crippen LogP contribution in [0.3, 0.4) is 0 Å². The summed E-state index contributed by atoms with van der Waals surface area (Å²) < 4.78 is 1.45. The molecule has 0 unspecified atom stereocenters. The van der Waals surface area contributed by atoms with Crippen LogP contribution >= 0.6 is 0 Å². The number of anilines is 1. The maximum Gasteiger partial charge on any atom is 0.263 e. The number of piperidine rings is 2. The van der Waals surface area contributed by atoms with Crippen molar-refractivity contribution in [2.24, 2.45) is 13.0 Å². The highest BCUT2D eigenvalue weighted by Crippen LogP contribution is 2.30. The molecule has 7 nitrogen and oxygen atoms in total. The zero-order valence-corrected chi connectivity index (χ0v) is 18.9. The SMILES string of the molecule is Cc1ccc(C(=O)Nc2ccc(C(=O)NC[C@@H]3CCCN4CCCC[C@H]34)cc2)c(=O)n1C. The van der Waals surface area contributed by atoms with Crippen molar-refractivity contribution >= 4 is 17.5 Å². The van der Waals surface area contributed by atoms with Crippen molar-refractivity contribution in [3.8, 4) is 0 Å². The van der Waals surface area contributed by atoms with E-state index in [0.717, 1.165) is 5.69 Å². The molecular formula is C25H32N4O3. The van der Waals surface area contributed by atoms with Gasteiger partial charge in [-0.15, -0.1) is 0 Å². The van der Waals surface area contributed by atoms with E-state index in [1.165, 1.54) is 55.8 Å². The number of rotatable bonds is 5. The van der Waals surface area contributed by atoms with E-state index < -0.39 is 5.91 Å². The summed E-state index contributed by atoms with van der Waals surface area (Å²) in [6, 6.07) is 10.7. The van der Waals surface area contributed by atoms with Gasteiger partial charge in [0, 0.05) is 36.6 Å². The summed E-state index contributed by atoms with van der Waals surface area (Å²) >= 11 is 0. The Labute approximate surface area is 188 Å². The minimum Gasteiger partial charge on any atom is -0.352 e. The molecule has 2 atom stereocenters. The van der Waals surface area contributed by atoms with Crippen molar-refractivity contribution in [2.75, 3.05) is 25.0 Å². The normalized spacial score (nSPS) is 20.9. The third kappa shape index (κ3) is 4.78. The van der Waals surface area contributed by atoms with Gasteiger partial charge >= 0.3 is 0 Å². The van der Waals surface area contributed by atoms with Crippen molar-refractivity contribution in [2.45, 2.75) is 45.1 Å². The fraction of sp³-hybridized carbons (Fsp3) is 0.480. The van der Waals surface area contributed by atoms with Crippen molar-refractivity contribution in [3.63, 3.8) is 0 Å². The number of fused-ring (bicyclic) bond motifs is 1. The van der Waals surface area contributed by atoms with Crippen LogP contribution in [-0.4, -0.2) is 47.0 Å². The molecular weight excluding hydrogens is 404 g/mol. The molecule has 4 rings (SSSR count). The first-order valence-electron chi connectivity index (χ1n) is 11.5. The summed E-state index contributed by atoms with van der Waals surface area (Å²) in [6.07, 6.45) is 6.18. The fourth-order valence-corrected chi connectivity index (χ4v) is 4.95. The topological polar surface area (TPSA) is 83.4 Å². The van der Waals surface area contributed by atoms with E-state index in [9.17, 15) is 14.4 Å². The number of hydrogen-bond donors (Lipinski definition) is 2. The van der Waals surface area contributed by atoms with E-state index in [-0.39, 0.29) is 17.0 Å². The lowest BCUT2D eigenvalue weighted by Gasteiger charge is -2.44. The molecule has 2 aromatic rings. The molecule has 2 saturated heterocycles. The summed E-state index contributed by atoms with van der Waals surface area (Å²) in [5.41, 5.74) is 1.64. The van der Waals surface area contributed by atoms with Gasteiger partial charge in [0.15, 0.2) is 0 Å². The Kier molecular flexibility index (Phi) is 6.74. The summed E-state index contributed by atoms with van der Waals surface area (Å²) in [4.78, 5) is 40.1. The number of nitrogens with zero attached hydrogens (tertiary/aromatic N) is 2. The molecule has 32 heavy (non-hydrogen) atoms. The second-order valence-corrected chi connectivity index (χ2v) is 9.00. The Hall–Kier alpha value is -2.93. The first-order chi connectivity index (χ1) is 15.4. The Balaban J connectivity index is 1.34. The zero-order valence-electron chi connectivity index (χ0n) is 18.9. The van der Waals surface area contributed by atoms with Crippen LogP contribution in [-0.2, 0) is 7.05 Å². The van der Waals surface area contributed by atoms with Crippen molar-refractivity contribution < 1.29 is 9.59 Å². The molecule has 2 amide bonds. The number of pyridine rings is 1. The predicted molar refractivity (Wildman–Crippen MR) is 125 cm³/mol. The monoisotopic (exact) mass is 436 g/mol. The third-order valence-electron chi connectivity index (χ3n) is 6.96. The van der Waals surface area contributed by atoms with E-state index in [1.807, 2.05) is 6.92 Å². The maximum absolute atomic E-state index is 12.7. The van der Waals surface area contributed by atoms with Crippen LogP contribution in [0.4, 0.5) is 5.69 Å². The van der Waals surface area contributed by atoms with Crippen LogP contribution < -0.4 is 16.2 Å². The summed E-state index contributed by atoms with van der Waals surface area (Å²) in [6.45, 7) is 4.90. The molecule has 3 heterocycles. The standard InChI is InChI=1S/C25H32N4O3/c1-17-8-13-21(25(32)28(17)2)24(31)27-20-11-9-18(10-12-20)23(30)26-16-19-6-5-15-29-14-4-3-7-22(19)29/h8-13,19,22H,3-7,14-16H2,1-2H3,(H,26,30)(H,27,31)/t19-,22+/m0/s1. The summed E-state index contributed by atoms with van der Waals surface area (Å²) in [5, 5.41) is 5.85. The van der Waals surface area contributed by atoms with E-state index in [4.69, 9.17) is 0 Å².